The van der Waals surface area contributed by atoms with Crippen molar-refractivity contribution in [3.63, 3.8) is 0 Å². The number of benzene rings is 1. The predicted molar refractivity (Wildman–Crippen MR) is 127 cm³/mol. The Labute approximate surface area is 196 Å². The van der Waals surface area contributed by atoms with Gasteiger partial charge in [-0.25, -0.2) is 15.0 Å². The van der Waals surface area contributed by atoms with E-state index in [-0.39, 0.29) is 0 Å². The van der Waals surface area contributed by atoms with E-state index in [0.717, 1.165) is 22.6 Å². The summed E-state index contributed by atoms with van der Waals surface area (Å²) in [5.41, 5.74) is 5.02. The summed E-state index contributed by atoms with van der Waals surface area (Å²) in [7, 11) is 0. The average Bonchev–Trinajstić information content (AvgIpc) is 2.98. The zero-order valence-corrected chi connectivity index (χ0v) is 20.7. The van der Waals surface area contributed by atoms with Crippen LogP contribution in [0, 0.1) is 0 Å². The predicted octanol–water partition coefficient (Wildman–Crippen LogP) is 6.20. The number of hydrogen-bond acceptors (Lipinski definition) is 4. The van der Waals surface area contributed by atoms with Crippen LogP contribution in [0.5, 0.6) is 0 Å². The maximum absolute atomic E-state index is 12.7. The number of amides is 2. The van der Waals surface area contributed by atoms with E-state index < -0.39 is 23.4 Å². The Bertz CT molecular complexity index is 790. The zero-order valence-electron chi connectivity index (χ0n) is 20.7. The number of carbonyl (C=O) groups excluding carboxylic acids is 2. The SMILES string of the molecule is CC1=CCc2ccc(N(NC(=O)OC(C)(C)C)C(=O)OC(C)(C)C)cc21.[Li][CH2]CCC. The molecular formula is C24H37LiN2O4. The minimum atomic E-state index is -0.726. The molecule has 2 amide bonds. The molecule has 1 N–H and O–H groups in total. The fourth-order valence-electron chi connectivity index (χ4n) is 2.89. The first-order valence-corrected chi connectivity index (χ1v) is 11.1. The van der Waals surface area contributed by atoms with Crippen molar-refractivity contribution < 1.29 is 19.1 Å². The summed E-state index contributed by atoms with van der Waals surface area (Å²) in [5, 5.41) is 2.43. The minimum absolute atomic E-state index is 0.513. The number of unbranched alkanes of at least 4 members (excludes halogenated alkanes) is 1. The van der Waals surface area contributed by atoms with Crippen LogP contribution >= 0.6 is 0 Å². The molecule has 0 radical (unpaired) electrons. The third-order valence-electron chi connectivity index (χ3n) is 4.29. The summed E-state index contributed by atoms with van der Waals surface area (Å²) < 4.78 is 10.7. The van der Waals surface area contributed by atoms with Crippen LogP contribution in [0.25, 0.3) is 5.57 Å². The number of nitrogens with one attached hydrogen (secondary N) is 1. The third kappa shape index (κ3) is 9.84. The number of hydrazine groups is 1. The van der Waals surface area contributed by atoms with E-state index in [2.05, 4.69) is 36.1 Å². The van der Waals surface area contributed by atoms with Gasteiger partial charge in [0.1, 0.15) is 11.2 Å². The second kappa shape index (κ2) is 11.6. The van der Waals surface area contributed by atoms with Crippen LogP contribution in [-0.4, -0.2) is 41.1 Å². The molecule has 6 nitrogen and oxygen atoms in total. The second-order valence-corrected chi connectivity index (χ2v) is 9.72. The maximum atomic E-state index is 12.7. The molecule has 1 aromatic rings. The van der Waals surface area contributed by atoms with Crippen molar-refractivity contribution in [2.75, 3.05) is 5.01 Å². The van der Waals surface area contributed by atoms with Crippen LogP contribution < -0.4 is 10.4 Å². The van der Waals surface area contributed by atoms with Gasteiger partial charge in [0.2, 0.25) is 0 Å². The first kappa shape index (κ1) is 27.1. The van der Waals surface area contributed by atoms with Gasteiger partial charge < -0.3 is 9.47 Å². The Morgan fingerprint density at radius 3 is 2.19 bits per heavy atom. The normalized spacial score (nSPS) is 12.8. The van der Waals surface area contributed by atoms with Crippen molar-refractivity contribution >= 4 is 41.2 Å². The van der Waals surface area contributed by atoms with Crippen LogP contribution in [0.15, 0.2) is 24.3 Å². The van der Waals surface area contributed by atoms with Crippen LogP contribution in [0.2, 0.25) is 5.09 Å². The van der Waals surface area contributed by atoms with Crippen LogP contribution in [0.3, 0.4) is 0 Å². The second-order valence-electron chi connectivity index (χ2n) is 9.72. The summed E-state index contributed by atoms with van der Waals surface area (Å²) >= 11 is 2.21. The monoisotopic (exact) mass is 424 g/mol. The third-order valence-corrected chi connectivity index (χ3v) is 4.29. The van der Waals surface area contributed by atoms with Crippen molar-refractivity contribution in [3.8, 4) is 0 Å². The van der Waals surface area contributed by atoms with Gasteiger partial charge in [0.25, 0.3) is 0 Å². The van der Waals surface area contributed by atoms with E-state index in [4.69, 9.17) is 9.47 Å². The van der Waals surface area contributed by atoms with Crippen molar-refractivity contribution in [3.05, 3.63) is 35.4 Å². The van der Waals surface area contributed by atoms with Gasteiger partial charge in [-0.05, 0) is 83.7 Å². The fourth-order valence-corrected chi connectivity index (χ4v) is 2.89. The van der Waals surface area contributed by atoms with Crippen LogP contribution in [-0.2, 0) is 15.9 Å². The molecule has 0 aliphatic heterocycles. The molecule has 0 heterocycles. The van der Waals surface area contributed by atoms with Crippen molar-refractivity contribution in [2.45, 2.75) is 90.9 Å². The number of allylic oxidation sites excluding steroid dienone is 2. The Kier molecular flexibility index (Phi) is 10.2. The molecule has 1 aliphatic rings. The molecule has 31 heavy (non-hydrogen) atoms. The molecule has 0 bridgehead atoms. The van der Waals surface area contributed by atoms with Gasteiger partial charge in [0, 0.05) is 0 Å². The van der Waals surface area contributed by atoms with E-state index in [0.29, 0.717) is 5.69 Å². The number of carbonyl (C=O) groups is 2. The van der Waals surface area contributed by atoms with Crippen LogP contribution in [0.4, 0.5) is 15.3 Å². The van der Waals surface area contributed by atoms with E-state index in [1.807, 2.05) is 19.1 Å². The molecule has 1 aromatic carbocycles. The molecule has 0 spiro atoms. The van der Waals surface area contributed by atoms with Gasteiger partial charge in [-0.1, -0.05) is 12.1 Å². The molecule has 0 saturated heterocycles. The standard InChI is InChI=1S/C20H28N2O4.C4H9.Li/c1-13-8-9-14-10-11-15(12-16(13)14)22(18(24)26-20(5,6)7)21-17(23)25-19(2,3)4;1-3-4-2;/h8,10-12H,9H2,1-7H3,(H,21,23);1,3-4H2,2H3;. The van der Waals surface area contributed by atoms with Crippen molar-refractivity contribution in [2.24, 2.45) is 0 Å². The van der Waals surface area contributed by atoms with Gasteiger partial charge in [0.05, 0.1) is 5.69 Å². The van der Waals surface area contributed by atoms with Crippen LogP contribution in [0.1, 0.15) is 79.4 Å². The Balaban J connectivity index is 0.000000861. The Morgan fingerprint density at radius 1 is 1.10 bits per heavy atom. The summed E-state index contributed by atoms with van der Waals surface area (Å²) in [6, 6.07) is 5.60. The molecule has 168 valence electrons. The summed E-state index contributed by atoms with van der Waals surface area (Å²) in [5.74, 6) is 0. The number of hydrogen-bond donors (Lipinski definition) is 1. The van der Waals surface area contributed by atoms with Gasteiger partial charge in [0.15, 0.2) is 0 Å². The molecule has 0 atom stereocenters. The van der Waals surface area contributed by atoms with E-state index in [1.165, 1.54) is 23.5 Å². The molecule has 2 rings (SSSR count). The molecule has 0 aromatic heterocycles. The molecule has 0 saturated carbocycles. The quantitative estimate of drug-likeness (QED) is 0.463. The van der Waals surface area contributed by atoms with Gasteiger partial charge >= 0.3 is 54.8 Å². The van der Waals surface area contributed by atoms with Crippen molar-refractivity contribution in [1.29, 1.82) is 0 Å². The first-order valence-electron chi connectivity index (χ1n) is 11.1. The first-order chi connectivity index (χ1) is 14.3. The number of rotatable bonds is 3. The summed E-state index contributed by atoms with van der Waals surface area (Å²) in [6.07, 6.45) is 4.33. The van der Waals surface area contributed by atoms with Gasteiger partial charge in [-0.15, -0.1) is 0 Å². The Morgan fingerprint density at radius 2 is 1.71 bits per heavy atom. The summed E-state index contributed by atoms with van der Waals surface area (Å²) in [6.45, 7) is 14.8. The Hall–Kier alpha value is -1.90. The molecular weight excluding hydrogens is 387 g/mol. The van der Waals surface area contributed by atoms with Crippen molar-refractivity contribution in [1.82, 2.24) is 5.43 Å². The fraction of sp³-hybridized carbons (Fsp3) is 0.583. The van der Waals surface area contributed by atoms with E-state index in [9.17, 15) is 9.59 Å². The number of nitrogens with zero attached hydrogens (tertiary/aromatic N) is 1. The van der Waals surface area contributed by atoms with E-state index >= 15 is 0 Å². The average molecular weight is 425 g/mol. The number of ether oxygens (including phenoxy) is 2. The summed E-state index contributed by atoms with van der Waals surface area (Å²) in [4.78, 5) is 24.9. The molecule has 0 unspecified atom stereocenters. The number of fused-ring (bicyclic) bond motifs is 1. The molecule has 7 heteroatoms. The van der Waals surface area contributed by atoms with Gasteiger partial charge in [-0.2, -0.15) is 5.01 Å². The molecule has 0 fully saturated rings. The molecule has 1 aliphatic carbocycles. The zero-order chi connectivity index (χ0) is 23.8. The number of anilines is 1. The topological polar surface area (TPSA) is 67.9 Å². The van der Waals surface area contributed by atoms with E-state index in [1.54, 1.807) is 47.6 Å². The van der Waals surface area contributed by atoms with Gasteiger partial charge in [-0.3, -0.25) is 0 Å².